The van der Waals surface area contributed by atoms with E-state index in [1.807, 2.05) is 30.3 Å². The molecule has 1 heterocycles. The van der Waals surface area contributed by atoms with Crippen molar-refractivity contribution in [3.05, 3.63) is 66.4 Å². The molecule has 1 aliphatic carbocycles. The highest BCUT2D eigenvalue weighted by Gasteiger charge is 2.14. The van der Waals surface area contributed by atoms with Gasteiger partial charge in [-0.1, -0.05) is 48.5 Å². The predicted octanol–water partition coefficient (Wildman–Crippen LogP) is 4.31. The van der Waals surface area contributed by atoms with E-state index in [0.29, 0.717) is 5.69 Å². The molecule has 0 aromatic heterocycles. The maximum Gasteiger partial charge on any atom is 0.168 e. The lowest BCUT2D eigenvalue weighted by Gasteiger charge is -1.97. The van der Waals surface area contributed by atoms with Crippen molar-refractivity contribution < 1.29 is 4.79 Å². The number of carbonyl (C=O) groups excluding carboxylic acids is 1. The second kappa shape index (κ2) is 4.14. The first-order chi connectivity index (χ1) is 9.86. The van der Waals surface area contributed by atoms with Gasteiger partial charge in [0.15, 0.2) is 6.29 Å². The van der Waals surface area contributed by atoms with Crippen LogP contribution in [0.15, 0.2) is 60.7 Å². The number of aldehydes is 1. The van der Waals surface area contributed by atoms with Crippen LogP contribution in [0.25, 0.3) is 32.8 Å². The van der Waals surface area contributed by atoms with Gasteiger partial charge >= 0.3 is 0 Å². The Kier molecular flexibility index (Phi) is 2.30. The first-order valence-electron chi connectivity index (χ1n) is 6.53. The van der Waals surface area contributed by atoms with Crippen molar-refractivity contribution in [3.8, 4) is 11.3 Å². The fourth-order valence-electron chi connectivity index (χ4n) is 2.78. The summed E-state index contributed by atoms with van der Waals surface area (Å²) in [5.41, 5.74) is 2.41. The van der Waals surface area contributed by atoms with Crippen LogP contribution >= 0.6 is 0 Å². The van der Waals surface area contributed by atoms with Gasteiger partial charge in [0.2, 0.25) is 0 Å². The molecule has 0 bridgehead atoms. The van der Waals surface area contributed by atoms with Crippen molar-refractivity contribution in [2.75, 3.05) is 0 Å². The van der Waals surface area contributed by atoms with E-state index in [-0.39, 0.29) is 0 Å². The van der Waals surface area contributed by atoms with Crippen molar-refractivity contribution in [1.29, 1.82) is 0 Å². The van der Waals surface area contributed by atoms with Gasteiger partial charge in [-0.15, -0.1) is 0 Å². The summed E-state index contributed by atoms with van der Waals surface area (Å²) in [6, 6.07) is 20.4. The zero-order valence-electron chi connectivity index (χ0n) is 10.7. The van der Waals surface area contributed by atoms with E-state index >= 15 is 0 Å². The Morgan fingerprint density at radius 1 is 0.800 bits per heavy atom. The monoisotopic (exact) mass is 257 g/mol. The molecule has 0 N–H and O–H groups in total. The summed E-state index contributed by atoms with van der Waals surface area (Å²) < 4.78 is 0. The number of rotatable bonds is 1. The maximum absolute atomic E-state index is 11.1. The number of carbonyl (C=O) groups is 1. The molecular formula is C18H11NO. The van der Waals surface area contributed by atoms with Crippen molar-refractivity contribution in [3.63, 3.8) is 0 Å². The van der Waals surface area contributed by atoms with E-state index in [1.54, 1.807) is 0 Å². The number of benzene rings is 2. The molecule has 0 spiro atoms. The van der Waals surface area contributed by atoms with Gasteiger partial charge in [-0.3, -0.25) is 4.79 Å². The van der Waals surface area contributed by atoms with Crippen LogP contribution in [-0.4, -0.2) is 11.3 Å². The molecule has 0 fully saturated rings. The van der Waals surface area contributed by atoms with Crippen molar-refractivity contribution in [1.82, 2.24) is 4.98 Å². The summed E-state index contributed by atoms with van der Waals surface area (Å²) >= 11 is 0. The molecule has 0 radical (unpaired) electrons. The standard InChI is InChI=1S/C18H11NO/c20-11-14-10-17-15-7-3-1-5-12(15)9-13-6-2-4-8-16(13)18(17)19-14/h1-11H. The summed E-state index contributed by atoms with van der Waals surface area (Å²) in [6.07, 6.45) is 0.809. The Labute approximate surface area is 116 Å². The Morgan fingerprint density at radius 2 is 1.45 bits per heavy atom. The third kappa shape index (κ3) is 1.51. The van der Waals surface area contributed by atoms with Crippen LogP contribution in [0, 0.1) is 0 Å². The molecule has 2 heteroatoms. The molecule has 2 aliphatic rings. The van der Waals surface area contributed by atoms with Gasteiger partial charge in [-0.25, -0.2) is 4.98 Å². The first-order valence-corrected chi connectivity index (χ1v) is 6.53. The Balaban J connectivity index is 2.33. The quantitative estimate of drug-likeness (QED) is 0.476. The van der Waals surface area contributed by atoms with E-state index < -0.39 is 0 Å². The van der Waals surface area contributed by atoms with Crippen molar-refractivity contribution >= 4 is 27.8 Å². The average molecular weight is 257 g/mol. The summed E-state index contributed by atoms with van der Waals surface area (Å²) in [6.45, 7) is 0. The van der Waals surface area contributed by atoms with Gasteiger partial charge in [0.25, 0.3) is 0 Å². The molecule has 2 aromatic rings. The van der Waals surface area contributed by atoms with E-state index in [9.17, 15) is 4.79 Å². The van der Waals surface area contributed by atoms with Gasteiger partial charge in [-0.2, -0.15) is 0 Å². The van der Waals surface area contributed by atoms with Crippen LogP contribution in [0.5, 0.6) is 0 Å². The molecule has 0 unspecified atom stereocenters. The predicted molar refractivity (Wildman–Crippen MR) is 81.3 cm³/mol. The van der Waals surface area contributed by atoms with Crippen LogP contribution in [0.1, 0.15) is 10.5 Å². The molecule has 2 aromatic carbocycles. The average Bonchev–Trinajstić information content (AvgIpc) is 2.87. The molecule has 0 saturated heterocycles. The molecule has 0 saturated carbocycles. The summed E-state index contributed by atoms with van der Waals surface area (Å²) in [7, 11) is 0. The lowest BCUT2D eigenvalue weighted by molar-refractivity contribution is 0.111. The highest BCUT2D eigenvalue weighted by atomic mass is 16.1. The minimum atomic E-state index is 0.488. The smallest absolute Gasteiger partial charge is 0.168 e. The lowest BCUT2D eigenvalue weighted by atomic mass is 10.1. The van der Waals surface area contributed by atoms with Crippen LogP contribution < -0.4 is 0 Å². The number of aromatic nitrogens is 1. The van der Waals surface area contributed by atoms with Crippen molar-refractivity contribution in [2.24, 2.45) is 0 Å². The van der Waals surface area contributed by atoms with E-state index in [4.69, 9.17) is 0 Å². The van der Waals surface area contributed by atoms with Gasteiger partial charge < -0.3 is 0 Å². The fourth-order valence-corrected chi connectivity index (χ4v) is 2.78. The fraction of sp³-hybridized carbons (Fsp3) is 0. The number of fused-ring (bicyclic) bond motifs is 5. The molecule has 4 rings (SSSR count). The van der Waals surface area contributed by atoms with Gasteiger partial charge in [0.05, 0.1) is 5.69 Å². The minimum Gasteiger partial charge on any atom is -0.296 e. The van der Waals surface area contributed by atoms with Gasteiger partial charge in [-0.05, 0) is 28.3 Å². The van der Waals surface area contributed by atoms with E-state index in [1.165, 1.54) is 0 Å². The van der Waals surface area contributed by atoms with Crippen LogP contribution in [-0.2, 0) is 0 Å². The molecule has 20 heavy (non-hydrogen) atoms. The van der Waals surface area contributed by atoms with Crippen LogP contribution in [0.2, 0.25) is 0 Å². The number of nitrogens with zero attached hydrogens (tertiary/aromatic N) is 1. The minimum absolute atomic E-state index is 0.488. The maximum atomic E-state index is 11.1. The molecule has 0 amide bonds. The second-order valence-electron chi connectivity index (χ2n) is 4.88. The highest BCUT2D eigenvalue weighted by Crippen LogP contribution is 2.35. The molecular weight excluding hydrogens is 246 g/mol. The second-order valence-corrected chi connectivity index (χ2v) is 4.88. The van der Waals surface area contributed by atoms with E-state index in [2.05, 4.69) is 35.3 Å². The van der Waals surface area contributed by atoms with E-state index in [0.717, 1.165) is 39.1 Å². The topological polar surface area (TPSA) is 30.0 Å². The third-order valence-corrected chi connectivity index (χ3v) is 3.69. The SMILES string of the molecule is O=Cc1cc2c3ccccc3cc3ccccc3c-2n1. The van der Waals surface area contributed by atoms with Gasteiger partial charge in [0, 0.05) is 10.9 Å². The Morgan fingerprint density at radius 3 is 2.20 bits per heavy atom. The number of hydrogen-bond donors (Lipinski definition) is 0. The van der Waals surface area contributed by atoms with Crippen LogP contribution in [0.3, 0.4) is 0 Å². The summed E-state index contributed by atoms with van der Waals surface area (Å²) in [4.78, 5) is 15.5. The summed E-state index contributed by atoms with van der Waals surface area (Å²) in [5, 5.41) is 4.49. The Bertz CT molecular complexity index is 856. The molecule has 2 nitrogen and oxygen atoms in total. The largest absolute Gasteiger partial charge is 0.296 e. The summed E-state index contributed by atoms with van der Waals surface area (Å²) in [5.74, 6) is 0. The molecule has 94 valence electrons. The third-order valence-electron chi connectivity index (χ3n) is 3.69. The van der Waals surface area contributed by atoms with Crippen molar-refractivity contribution in [2.45, 2.75) is 0 Å². The van der Waals surface area contributed by atoms with Gasteiger partial charge in [0.1, 0.15) is 5.69 Å². The van der Waals surface area contributed by atoms with Crippen LogP contribution in [0.4, 0.5) is 0 Å². The molecule has 0 atom stereocenters. The zero-order valence-corrected chi connectivity index (χ0v) is 10.7. The first kappa shape index (κ1) is 11.1. The normalized spacial score (nSPS) is 11.2. The lowest BCUT2D eigenvalue weighted by Crippen LogP contribution is -1.78. The molecule has 1 aliphatic heterocycles. The number of hydrogen-bond acceptors (Lipinski definition) is 2. The highest BCUT2D eigenvalue weighted by molar-refractivity contribution is 6.09. The zero-order chi connectivity index (χ0) is 13.5. The Hall–Kier alpha value is -2.74.